The summed E-state index contributed by atoms with van der Waals surface area (Å²) in [5.41, 5.74) is 7.75. The van der Waals surface area contributed by atoms with Crippen molar-refractivity contribution in [1.82, 2.24) is 39.0 Å². The number of anilines is 2. The van der Waals surface area contributed by atoms with Crippen LogP contribution < -0.4 is 11.5 Å². The Morgan fingerprint density at radius 2 is 1.77 bits per heavy atom. The maximum atomic E-state index is 15.8. The van der Waals surface area contributed by atoms with Crippen LogP contribution in [-0.2, 0) is 30.5 Å². The zero-order valence-electron chi connectivity index (χ0n) is 22.9. The quantitative estimate of drug-likeness (QED) is 0.129. The lowest BCUT2D eigenvalue weighted by Crippen LogP contribution is -2.46. The molecule has 8 N–H and O–H groups in total. The first-order valence-corrected chi connectivity index (χ1v) is 15.6. The minimum absolute atomic E-state index is 0.110. The van der Waals surface area contributed by atoms with Crippen LogP contribution in [0.4, 0.5) is 20.5 Å². The number of hydrogen-bond donors (Lipinski definition) is 6. The molecule has 4 aromatic heterocycles. The molecule has 6 rings (SSSR count). The van der Waals surface area contributed by atoms with E-state index in [2.05, 4.69) is 29.9 Å². The lowest BCUT2D eigenvalue weighted by Gasteiger charge is -2.34. The van der Waals surface area contributed by atoms with Gasteiger partial charge in [-0.2, -0.15) is 9.97 Å². The van der Waals surface area contributed by atoms with Crippen molar-refractivity contribution in [2.75, 3.05) is 31.8 Å². The number of nitrogens with zero attached hydrogens (tertiary/aromatic N) is 8. The molecule has 0 aliphatic carbocycles. The van der Waals surface area contributed by atoms with Gasteiger partial charge in [-0.1, -0.05) is 0 Å². The van der Waals surface area contributed by atoms with Gasteiger partial charge in [0.05, 0.1) is 25.9 Å². The highest BCUT2D eigenvalue weighted by Crippen LogP contribution is 2.63. The normalized spacial score (nSPS) is 31.6. The molecule has 238 valence electrons. The molecule has 6 heterocycles. The van der Waals surface area contributed by atoms with Gasteiger partial charge in [-0.05, 0) is 18.7 Å². The van der Waals surface area contributed by atoms with Crippen molar-refractivity contribution in [2.45, 2.75) is 54.9 Å². The maximum absolute atomic E-state index is 15.8. The van der Waals surface area contributed by atoms with Crippen LogP contribution in [0.2, 0.25) is 0 Å². The fourth-order valence-corrected chi connectivity index (χ4v) is 8.06. The molecule has 0 radical (unpaired) electrons. The molecule has 2 saturated heterocycles. The number of rotatable bonds is 8. The molecule has 44 heavy (non-hydrogen) atoms. The van der Waals surface area contributed by atoms with Gasteiger partial charge in [0.2, 0.25) is 11.8 Å². The Balaban J connectivity index is 1.31. The Hall–Kier alpha value is -3.27. The molecular formula is C22H27F2N10O8PS. The summed E-state index contributed by atoms with van der Waals surface area (Å²) < 4.78 is 56.7. The summed E-state index contributed by atoms with van der Waals surface area (Å²) in [4.78, 5) is 35.1. The average molecular weight is 661 g/mol. The van der Waals surface area contributed by atoms with Gasteiger partial charge in [0.25, 0.3) is 5.92 Å². The number of aliphatic hydroxyl groups excluding tert-OH is 2. The minimum atomic E-state index is -4.61. The number of nitrogens with two attached hydrogens (primary N) is 2. The van der Waals surface area contributed by atoms with E-state index >= 15 is 8.78 Å². The van der Waals surface area contributed by atoms with Crippen LogP contribution in [0.25, 0.3) is 22.3 Å². The number of aromatic hydroxyl groups is 1. The molecule has 8 atom stereocenters. The van der Waals surface area contributed by atoms with Gasteiger partial charge in [0, 0.05) is 7.11 Å². The first-order valence-electron chi connectivity index (χ1n) is 12.9. The zero-order chi connectivity index (χ0) is 31.8. The zero-order valence-corrected chi connectivity index (χ0v) is 24.6. The van der Waals surface area contributed by atoms with Crippen LogP contribution in [0.5, 0.6) is 5.88 Å². The Kier molecular flexibility index (Phi) is 7.46. The largest absolute Gasteiger partial charge is 0.492 e. The summed E-state index contributed by atoms with van der Waals surface area (Å²) in [7, 11) is 1.33. The molecule has 22 heteroatoms. The molecule has 0 spiro atoms. The van der Waals surface area contributed by atoms with Crippen molar-refractivity contribution in [1.29, 1.82) is 0 Å². The molecule has 2 unspecified atom stereocenters. The second kappa shape index (κ2) is 10.7. The van der Waals surface area contributed by atoms with Gasteiger partial charge in [-0.15, -0.1) is 0 Å². The predicted molar refractivity (Wildman–Crippen MR) is 149 cm³/mol. The van der Waals surface area contributed by atoms with Gasteiger partial charge in [-0.3, -0.25) is 9.13 Å². The van der Waals surface area contributed by atoms with Crippen molar-refractivity contribution in [2.24, 2.45) is 0 Å². The van der Waals surface area contributed by atoms with Crippen LogP contribution in [0.1, 0.15) is 19.4 Å². The number of alkyl halides is 2. The highest BCUT2D eigenvalue weighted by atomic mass is 32.5. The maximum Gasteiger partial charge on any atom is 0.292 e. The van der Waals surface area contributed by atoms with Crippen LogP contribution >= 0.6 is 6.49 Å². The Morgan fingerprint density at radius 3 is 2.45 bits per heavy atom. The number of fused-ring (bicyclic) bond motifs is 2. The van der Waals surface area contributed by atoms with E-state index in [0.29, 0.717) is 0 Å². The summed E-state index contributed by atoms with van der Waals surface area (Å²) in [5.74, 6) is -4.82. The van der Waals surface area contributed by atoms with Crippen LogP contribution in [-0.4, -0.2) is 115 Å². The summed E-state index contributed by atoms with van der Waals surface area (Å²) >= 11 is 5.29. The molecule has 0 bridgehead atoms. The monoisotopic (exact) mass is 660 g/mol. The third-order valence-corrected chi connectivity index (χ3v) is 10.5. The van der Waals surface area contributed by atoms with Crippen LogP contribution in [0.15, 0.2) is 19.0 Å². The van der Waals surface area contributed by atoms with Gasteiger partial charge >= 0.3 is 0 Å². The topological polar surface area (TPSA) is 257 Å². The van der Waals surface area contributed by atoms with Crippen molar-refractivity contribution in [3.8, 4) is 5.88 Å². The van der Waals surface area contributed by atoms with Crippen molar-refractivity contribution < 1.29 is 47.7 Å². The Bertz CT molecular complexity index is 1780. The van der Waals surface area contributed by atoms with Gasteiger partial charge in [0.1, 0.15) is 41.4 Å². The molecule has 18 nitrogen and oxygen atoms in total. The molecular weight excluding hydrogens is 633 g/mol. The van der Waals surface area contributed by atoms with E-state index in [-0.39, 0.29) is 34.1 Å². The van der Waals surface area contributed by atoms with E-state index in [1.807, 2.05) is 0 Å². The SMILES string of the molecule is CO[C@H]1[C@H](n2cnc3c(N)ncnc32)OC(C)(COP(O)(=S)[C@H]2[C@H](n3cnc4c(O)nc(N)nc43)O[C@H](CO)C2(F)F)[C@H]1O. The van der Waals surface area contributed by atoms with E-state index < -0.39 is 73.5 Å². The minimum Gasteiger partial charge on any atom is -0.492 e. The fraction of sp³-hybridized carbons (Fsp3) is 0.545. The van der Waals surface area contributed by atoms with E-state index in [4.69, 9.17) is 42.0 Å². The first kappa shape index (κ1) is 30.7. The van der Waals surface area contributed by atoms with Gasteiger partial charge in [-0.25, -0.2) is 28.7 Å². The van der Waals surface area contributed by atoms with E-state index in [0.717, 1.165) is 10.9 Å². The number of aromatic nitrogens is 8. The molecule has 2 aliphatic rings. The predicted octanol–water partition coefficient (Wildman–Crippen LogP) is -0.588. The molecule has 0 saturated carbocycles. The third kappa shape index (κ3) is 4.66. The van der Waals surface area contributed by atoms with Crippen LogP contribution in [0.3, 0.4) is 0 Å². The molecule has 2 aliphatic heterocycles. The lowest BCUT2D eigenvalue weighted by atomic mass is 9.98. The van der Waals surface area contributed by atoms with E-state index in [1.165, 1.54) is 31.3 Å². The molecule has 0 amide bonds. The first-order chi connectivity index (χ1) is 20.7. The highest BCUT2D eigenvalue weighted by molar-refractivity contribution is 8.09. The average Bonchev–Trinajstić information content (AvgIpc) is 3.70. The van der Waals surface area contributed by atoms with Gasteiger partial charge in [0.15, 0.2) is 41.6 Å². The summed E-state index contributed by atoms with van der Waals surface area (Å²) in [6.07, 6.45) is -3.78. The number of halogens is 2. The van der Waals surface area contributed by atoms with E-state index in [1.54, 1.807) is 0 Å². The summed E-state index contributed by atoms with van der Waals surface area (Å²) in [6, 6.07) is 0. The van der Waals surface area contributed by atoms with Crippen molar-refractivity contribution in [3.63, 3.8) is 0 Å². The molecule has 0 aromatic carbocycles. The van der Waals surface area contributed by atoms with E-state index in [9.17, 15) is 20.2 Å². The number of nitrogen functional groups attached to an aromatic ring is 2. The Labute approximate surface area is 250 Å². The smallest absolute Gasteiger partial charge is 0.292 e. The molecule has 4 aromatic rings. The number of ether oxygens (including phenoxy) is 3. The second-order valence-electron chi connectivity index (χ2n) is 10.4. The fourth-order valence-electron chi connectivity index (χ4n) is 5.43. The highest BCUT2D eigenvalue weighted by Gasteiger charge is 2.65. The van der Waals surface area contributed by atoms with Crippen molar-refractivity contribution >= 4 is 52.4 Å². The Morgan fingerprint density at radius 1 is 1.09 bits per heavy atom. The third-order valence-electron chi connectivity index (χ3n) is 7.69. The van der Waals surface area contributed by atoms with Crippen molar-refractivity contribution in [3.05, 3.63) is 19.0 Å². The number of methoxy groups -OCH3 is 1. The summed E-state index contributed by atoms with van der Waals surface area (Å²) in [5, 5.41) is 31.0. The number of imidazole rings is 2. The summed E-state index contributed by atoms with van der Waals surface area (Å²) in [6.45, 7) is -5.00. The standard InChI is InChI=1S/C22H27F2N10O8PS/c1-21(12(36)11(39-2)18(42-21)33-6-29-9-14(25)27-5-28-15(9)33)4-40-43(38,44)13-19(41-8(3-35)22(13,23)24)34-7-30-10-16(34)31-20(26)32-17(10)37/h5-8,11-13,18-19,35-36H,3-4H2,1-2H3,(H,38,44)(H2,25,27,28)(H3,26,31,32,37)/t8-,11-,12+,13+,18-,19-,21?,43?/m1/s1. The van der Waals surface area contributed by atoms with Gasteiger partial charge < -0.3 is 50.4 Å². The molecule has 2 fully saturated rings. The second-order valence-corrected chi connectivity index (χ2v) is 13.9. The van der Waals surface area contributed by atoms with Crippen LogP contribution in [0, 0.1) is 0 Å². The lowest BCUT2D eigenvalue weighted by molar-refractivity contribution is -0.113. The number of hydrogen-bond acceptors (Lipinski definition) is 16. The number of aliphatic hydroxyl groups is 2.